The first-order valence-corrected chi connectivity index (χ1v) is 23.0. The third kappa shape index (κ3) is 6.68. The first-order valence-electron chi connectivity index (χ1n) is 23.0. The fraction of sp³-hybridized carbons (Fsp3) is 0. The van der Waals surface area contributed by atoms with Gasteiger partial charge in [-0.25, -0.2) is 4.98 Å². The first-order chi connectivity index (χ1) is 33.7. The van der Waals surface area contributed by atoms with Crippen LogP contribution in [0.2, 0.25) is 0 Å². The van der Waals surface area contributed by atoms with Crippen LogP contribution in [0, 0.1) is 0 Å². The Hall–Kier alpha value is -9.19. The van der Waals surface area contributed by atoms with E-state index in [1.54, 1.807) is 0 Å². The molecule has 0 aliphatic carbocycles. The molecule has 0 bridgehead atoms. The molecule has 3 aromatic heterocycles. The van der Waals surface area contributed by atoms with Gasteiger partial charge in [-0.1, -0.05) is 212 Å². The Balaban J connectivity index is 1.17. The molecular weight excluding hydrogens is 827 g/mol. The Morgan fingerprint density at radius 2 is 0.647 bits per heavy atom. The third-order valence-corrected chi connectivity index (χ3v) is 13.2. The lowest BCUT2D eigenvalue weighted by Crippen LogP contribution is -2.07. The minimum absolute atomic E-state index is 0.550. The van der Waals surface area contributed by atoms with E-state index >= 15 is 0 Å². The molecule has 13 aromatic rings. The van der Waals surface area contributed by atoms with E-state index in [4.69, 9.17) is 15.0 Å². The lowest BCUT2D eigenvalue weighted by atomic mass is 9.91. The zero-order chi connectivity index (χ0) is 45.0. The van der Waals surface area contributed by atoms with Gasteiger partial charge in [-0.15, -0.1) is 0 Å². The van der Waals surface area contributed by atoms with Crippen LogP contribution in [0.3, 0.4) is 0 Å². The summed E-state index contributed by atoms with van der Waals surface area (Å²) in [5, 5.41) is 4.52. The van der Waals surface area contributed by atoms with Crippen molar-refractivity contribution in [3.8, 4) is 78.9 Å². The highest BCUT2D eigenvalue weighted by Gasteiger charge is 2.25. The summed E-state index contributed by atoms with van der Waals surface area (Å²) in [6.07, 6.45) is 0. The van der Waals surface area contributed by atoms with E-state index in [1.165, 1.54) is 11.1 Å². The van der Waals surface area contributed by atoms with Crippen LogP contribution < -0.4 is 0 Å². The SMILES string of the molecule is c1ccc(-c2cc(-c3ccccc3)cc(-c3ccc(-c4ccccc4)cc3-n3c4ccccc4c4ccc5c6ccccc6n(-c6nc(-c7ccccc7)nc(-c7ccccc7)n6)c5c43)c2)cc1. The molecule has 0 spiro atoms. The van der Waals surface area contributed by atoms with Crippen molar-refractivity contribution in [3.63, 3.8) is 0 Å². The normalized spacial score (nSPS) is 11.5. The van der Waals surface area contributed by atoms with E-state index in [-0.39, 0.29) is 0 Å². The maximum Gasteiger partial charge on any atom is 0.238 e. The quantitative estimate of drug-likeness (QED) is 0.153. The number of rotatable bonds is 8. The van der Waals surface area contributed by atoms with Crippen molar-refractivity contribution in [2.24, 2.45) is 0 Å². The Morgan fingerprint density at radius 1 is 0.250 bits per heavy atom. The monoisotopic (exact) mass is 867 g/mol. The molecule has 0 saturated carbocycles. The predicted octanol–water partition coefficient (Wildman–Crippen LogP) is 16.1. The van der Waals surface area contributed by atoms with Gasteiger partial charge in [0.25, 0.3) is 0 Å². The summed E-state index contributed by atoms with van der Waals surface area (Å²) in [5.74, 6) is 1.77. The van der Waals surface area contributed by atoms with E-state index in [1.807, 2.05) is 36.4 Å². The zero-order valence-corrected chi connectivity index (χ0v) is 36.9. The molecule has 318 valence electrons. The largest absolute Gasteiger partial charge is 0.307 e. The highest BCUT2D eigenvalue weighted by molar-refractivity contribution is 6.24. The van der Waals surface area contributed by atoms with Crippen molar-refractivity contribution >= 4 is 43.6 Å². The van der Waals surface area contributed by atoms with Gasteiger partial charge >= 0.3 is 0 Å². The Bertz CT molecular complexity index is 3880. The van der Waals surface area contributed by atoms with E-state index in [2.05, 4.69) is 221 Å². The van der Waals surface area contributed by atoms with Gasteiger partial charge in [0.05, 0.1) is 27.8 Å². The summed E-state index contributed by atoms with van der Waals surface area (Å²) in [7, 11) is 0. The zero-order valence-electron chi connectivity index (χ0n) is 36.9. The van der Waals surface area contributed by atoms with Crippen molar-refractivity contribution in [1.29, 1.82) is 0 Å². The van der Waals surface area contributed by atoms with Crippen molar-refractivity contribution in [2.75, 3.05) is 0 Å². The van der Waals surface area contributed by atoms with E-state index in [0.29, 0.717) is 17.6 Å². The summed E-state index contributed by atoms with van der Waals surface area (Å²) in [5.41, 5.74) is 16.3. The summed E-state index contributed by atoms with van der Waals surface area (Å²) in [4.78, 5) is 15.8. The van der Waals surface area contributed by atoms with Crippen molar-refractivity contribution in [1.82, 2.24) is 24.1 Å². The molecular formula is C63H41N5. The van der Waals surface area contributed by atoms with Gasteiger partial charge in [-0.05, 0) is 75.3 Å². The van der Waals surface area contributed by atoms with Gasteiger partial charge in [0.2, 0.25) is 5.95 Å². The first kappa shape index (κ1) is 39.2. The number of benzene rings is 10. The summed E-state index contributed by atoms with van der Waals surface area (Å²) in [6, 6.07) is 88.5. The average molecular weight is 868 g/mol. The van der Waals surface area contributed by atoms with Crippen LogP contribution >= 0.6 is 0 Å². The third-order valence-electron chi connectivity index (χ3n) is 13.2. The second kappa shape index (κ2) is 16.4. The number of para-hydroxylation sites is 2. The molecule has 0 aliphatic heterocycles. The molecule has 5 nitrogen and oxygen atoms in total. The van der Waals surface area contributed by atoms with Gasteiger partial charge < -0.3 is 4.57 Å². The molecule has 0 saturated heterocycles. The summed E-state index contributed by atoms with van der Waals surface area (Å²) >= 11 is 0. The molecule has 0 fully saturated rings. The fourth-order valence-electron chi connectivity index (χ4n) is 10.0. The molecule has 10 aromatic carbocycles. The molecule has 0 amide bonds. The average Bonchev–Trinajstić information content (AvgIpc) is 3.95. The van der Waals surface area contributed by atoms with E-state index in [0.717, 1.165) is 93.8 Å². The van der Waals surface area contributed by atoms with E-state index < -0.39 is 0 Å². The van der Waals surface area contributed by atoms with Gasteiger partial charge in [0, 0.05) is 38.2 Å². The highest BCUT2D eigenvalue weighted by Crippen LogP contribution is 2.45. The predicted molar refractivity (Wildman–Crippen MR) is 281 cm³/mol. The Kier molecular flexibility index (Phi) is 9.43. The molecule has 0 radical (unpaired) electrons. The van der Waals surface area contributed by atoms with Crippen molar-refractivity contribution < 1.29 is 0 Å². The van der Waals surface area contributed by atoms with E-state index in [9.17, 15) is 0 Å². The summed E-state index contributed by atoms with van der Waals surface area (Å²) < 4.78 is 4.77. The van der Waals surface area contributed by atoms with Crippen LogP contribution in [0.15, 0.2) is 249 Å². The molecule has 5 heteroatoms. The molecule has 0 unspecified atom stereocenters. The molecule has 0 atom stereocenters. The fourth-order valence-corrected chi connectivity index (χ4v) is 10.0. The Morgan fingerprint density at radius 3 is 1.15 bits per heavy atom. The molecule has 68 heavy (non-hydrogen) atoms. The number of nitrogens with zero attached hydrogens (tertiary/aromatic N) is 5. The lowest BCUT2D eigenvalue weighted by Gasteiger charge is -2.19. The smallest absolute Gasteiger partial charge is 0.238 e. The minimum Gasteiger partial charge on any atom is -0.307 e. The Labute approximate surface area is 393 Å². The van der Waals surface area contributed by atoms with Gasteiger partial charge in [-0.3, -0.25) is 4.57 Å². The van der Waals surface area contributed by atoms with Crippen LogP contribution in [0.4, 0.5) is 0 Å². The molecule has 3 heterocycles. The maximum atomic E-state index is 5.36. The van der Waals surface area contributed by atoms with Crippen LogP contribution in [0.1, 0.15) is 0 Å². The van der Waals surface area contributed by atoms with Crippen LogP contribution in [0.5, 0.6) is 0 Å². The maximum absolute atomic E-state index is 5.36. The number of hydrogen-bond donors (Lipinski definition) is 0. The number of fused-ring (bicyclic) bond motifs is 7. The van der Waals surface area contributed by atoms with Crippen LogP contribution in [-0.4, -0.2) is 24.1 Å². The van der Waals surface area contributed by atoms with Gasteiger partial charge in [0.15, 0.2) is 11.6 Å². The standard InChI is InChI=1S/C63H41N5/c1-6-20-42(21-7-1)47-34-35-51(50-39-48(43-22-8-2-9-23-43)38-49(40-50)44-24-10-3-11-25-44)58(41-47)67-56-32-18-16-30-52(56)54-36-37-55-53-31-17-19-33-57(53)68(60(55)59(54)67)63-65-61(45-26-12-4-13-27-45)64-62(66-63)46-28-14-5-15-29-46/h1-41H. The lowest BCUT2D eigenvalue weighted by molar-refractivity contribution is 0.953. The van der Waals surface area contributed by atoms with Crippen molar-refractivity contribution in [3.05, 3.63) is 249 Å². The van der Waals surface area contributed by atoms with Crippen LogP contribution in [-0.2, 0) is 0 Å². The molecule has 0 aliphatic rings. The molecule has 0 N–H and O–H groups in total. The van der Waals surface area contributed by atoms with Gasteiger partial charge in [-0.2, -0.15) is 9.97 Å². The van der Waals surface area contributed by atoms with Gasteiger partial charge in [0.1, 0.15) is 0 Å². The second-order valence-corrected chi connectivity index (χ2v) is 17.2. The minimum atomic E-state index is 0.550. The summed E-state index contributed by atoms with van der Waals surface area (Å²) in [6.45, 7) is 0. The highest BCUT2D eigenvalue weighted by atomic mass is 15.2. The second-order valence-electron chi connectivity index (χ2n) is 17.2. The topological polar surface area (TPSA) is 48.5 Å². The number of hydrogen-bond acceptors (Lipinski definition) is 3. The molecule has 13 rings (SSSR count). The van der Waals surface area contributed by atoms with Crippen LogP contribution in [0.25, 0.3) is 123 Å². The van der Waals surface area contributed by atoms with Crippen molar-refractivity contribution in [2.45, 2.75) is 0 Å². The number of aromatic nitrogens is 5.